The van der Waals surface area contributed by atoms with E-state index < -0.39 is 11.9 Å². The predicted molar refractivity (Wildman–Crippen MR) is 23.8 cm³/mol. The molecule has 4 nitrogen and oxygen atoms in total. The zero-order chi connectivity index (χ0) is 7.44. The van der Waals surface area contributed by atoms with Gasteiger partial charge in [-0.1, -0.05) is 0 Å². The molecule has 0 aliphatic rings. The van der Waals surface area contributed by atoms with E-state index in [0.717, 1.165) is 6.92 Å². The summed E-state index contributed by atoms with van der Waals surface area (Å²) < 4.78 is 0. The van der Waals surface area contributed by atoms with Gasteiger partial charge in [0.05, 0.1) is 11.9 Å². The van der Waals surface area contributed by atoms with E-state index in [9.17, 15) is 19.8 Å². The Balaban J connectivity index is 0. The molecule has 0 spiro atoms. The van der Waals surface area contributed by atoms with E-state index in [4.69, 9.17) is 0 Å². The summed E-state index contributed by atoms with van der Waals surface area (Å²) in [7, 11) is 0. The van der Waals surface area contributed by atoms with E-state index in [1.807, 2.05) is 0 Å². The molecule has 0 bridgehead atoms. The fourth-order valence-electron chi connectivity index (χ4n) is 0.236. The summed E-state index contributed by atoms with van der Waals surface area (Å²) in [6.07, 6.45) is 0.468. The molecule has 0 aliphatic carbocycles. The number of carboxylic acid groups (broad SMARTS) is 2. The second-order valence-corrected chi connectivity index (χ2v) is 1.43. The van der Waals surface area contributed by atoms with Crippen molar-refractivity contribution >= 4 is 11.9 Å². The van der Waals surface area contributed by atoms with Crippen LogP contribution in [0.1, 0.15) is 6.92 Å². The van der Waals surface area contributed by atoms with Gasteiger partial charge in [0.25, 0.3) is 0 Å². The molecule has 1 radical (unpaired) electrons. The maximum Gasteiger partial charge on any atom is 2.00 e. The summed E-state index contributed by atoms with van der Waals surface area (Å²) in [6, 6.07) is 0. The van der Waals surface area contributed by atoms with Crippen molar-refractivity contribution in [1.29, 1.82) is 0 Å². The number of hydrogen-bond donors (Lipinski definition) is 0. The van der Waals surface area contributed by atoms with E-state index in [2.05, 4.69) is 0 Å². The van der Waals surface area contributed by atoms with Crippen LogP contribution < -0.4 is 10.2 Å². The molecule has 0 saturated heterocycles. The van der Waals surface area contributed by atoms with Crippen molar-refractivity contribution in [2.75, 3.05) is 0 Å². The molecular weight excluding hydrogens is 188 g/mol. The maximum atomic E-state index is 9.76. The van der Waals surface area contributed by atoms with Crippen molar-refractivity contribution < 1.29 is 36.9 Å². The van der Waals surface area contributed by atoms with Crippen molar-refractivity contribution in [1.82, 2.24) is 0 Å². The quantitative estimate of drug-likeness (QED) is 0.355. The van der Waals surface area contributed by atoms with Crippen LogP contribution in [0, 0.1) is 0 Å². The van der Waals surface area contributed by atoms with Gasteiger partial charge < -0.3 is 19.8 Å². The first-order valence-corrected chi connectivity index (χ1v) is 2.14. The summed E-state index contributed by atoms with van der Waals surface area (Å²) >= 11 is 0. The van der Waals surface area contributed by atoms with Crippen LogP contribution in [0.4, 0.5) is 0 Å². The Bertz CT molecular complexity index is 172. The average molecular weight is 192 g/mol. The minimum atomic E-state index is -1.53. The first-order valence-electron chi connectivity index (χ1n) is 2.14. The Hall–Kier alpha value is -0.801. The second kappa shape index (κ2) is 5.02. The van der Waals surface area contributed by atoms with E-state index >= 15 is 0 Å². The van der Waals surface area contributed by atoms with Crippen LogP contribution in [0.15, 0.2) is 11.6 Å². The molecule has 5 heteroatoms. The van der Waals surface area contributed by atoms with Crippen LogP contribution in [0.3, 0.4) is 0 Å². The summed E-state index contributed by atoms with van der Waals surface area (Å²) in [4.78, 5) is 19.4. The summed E-state index contributed by atoms with van der Waals surface area (Å²) in [5, 5.41) is 19.4. The van der Waals surface area contributed by atoms with Gasteiger partial charge in [0.1, 0.15) is 0 Å². The van der Waals surface area contributed by atoms with Crippen LogP contribution in [-0.4, -0.2) is 11.9 Å². The molecule has 0 aromatic heterocycles. The number of carbonyl (C=O) groups is 2. The van der Waals surface area contributed by atoms with Gasteiger partial charge in [-0.05, 0) is 18.6 Å². The second-order valence-electron chi connectivity index (χ2n) is 1.43. The number of hydrogen-bond acceptors (Lipinski definition) is 4. The summed E-state index contributed by atoms with van der Waals surface area (Å²) in [6.45, 7) is 1.12. The molecule has 0 saturated carbocycles. The monoisotopic (exact) mass is 191 g/mol. The van der Waals surface area contributed by atoms with Gasteiger partial charge in [0.2, 0.25) is 0 Å². The summed E-state index contributed by atoms with van der Waals surface area (Å²) in [5.74, 6) is -3.03. The van der Waals surface area contributed by atoms with Crippen molar-refractivity contribution in [3.63, 3.8) is 0 Å². The number of carbonyl (C=O) groups excluding carboxylic acids is 2. The van der Waals surface area contributed by atoms with Gasteiger partial charge in [-0.2, -0.15) is 0 Å². The zero-order valence-electron chi connectivity index (χ0n) is 5.01. The van der Waals surface area contributed by atoms with E-state index in [1.54, 1.807) is 0 Å². The van der Waals surface area contributed by atoms with E-state index in [0.29, 0.717) is 6.08 Å². The standard InChI is InChI=1S/C5H6O4.Cu/c1-3(5(8)9)2-4(6)7;/h2H,1H3,(H,6,7)(H,8,9);/q;+2/p-2/b3-2-;. The number of carboxylic acids is 2. The van der Waals surface area contributed by atoms with Crippen LogP contribution in [0.2, 0.25) is 0 Å². The molecule has 59 valence electrons. The van der Waals surface area contributed by atoms with E-state index in [1.165, 1.54) is 0 Å². The smallest absolute Gasteiger partial charge is 0.545 e. The Morgan fingerprint density at radius 1 is 1.30 bits per heavy atom. The van der Waals surface area contributed by atoms with Crippen LogP contribution in [-0.2, 0) is 26.7 Å². The molecule has 0 unspecified atom stereocenters. The molecule has 0 aromatic rings. The molecule has 0 atom stereocenters. The average Bonchev–Trinajstić information content (AvgIpc) is 1.63. The fourth-order valence-corrected chi connectivity index (χ4v) is 0.236. The van der Waals surface area contributed by atoms with Crippen LogP contribution in [0.5, 0.6) is 0 Å². The molecular formula is C5H4CuO4. The van der Waals surface area contributed by atoms with Gasteiger partial charge in [-0.3, -0.25) is 0 Å². The van der Waals surface area contributed by atoms with Gasteiger partial charge in [0.15, 0.2) is 0 Å². The van der Waals surface area contributed by atoms with E-state index in [-0.39, 0.29) is 22.6 Å². The minimum absolute atomic E-state index is 0. The Morgan fingerprint density at radius 3 is 1.80 bits per heavy atom. The van der Waals surface area contributed by atoms with Crippen molar-refractivity contribution in [3.05, 3.63) is 11.6 Å². The first-order chi connectivity index (χ1) is 4.04. The Kier molecular flexibility index (Phi) is 5.99. The first kappa shape index (κ1) is 11.9. The SMILES string of the molecule is C/C(=C/C(=O)[O-])C(=O)[O-].[Cu+2]. The largest absolute Gasteiger partial charge is 2.00 e. The third kappa shape index (κ3) is 5.34. The van der Waals surface area contributed by atoms with Gasteiger partial charge in [-0.15, -0.1) is 0 Å². The normalized spacial score (nSPS) is 9.90. The van der Waals surface area contributed by atoms with Gasteiger partial charge in [0, 0.05) is 0 Å². The van der Waals surface area contributed by atoms with Crippen molar-refractivity contribution in [3.8, 4) is 0 Å². The topological polar surface area (TPSA) is 80.3 Å². The molecule has 0 heterocycles. The van der Waals surface area contributed by atoms with Gasteiger partial charge in [-0.25, -0.2) is 0 Å². The molecule has 0 rings (SSSR count). The third-order valence-electron chi connectivity index (χ3n) is 0.656. The Labute approximate surface area is 68.0 Å². The number of rotatable bonds is 2. The van der Waals surface area contributed by atoms with Crippen LogP contribution >= 0.6 is 0 Å². The fraction of sp³-hybridized carbons (Fsp3) is 0.200. The zero-order valence-corrected chi connectivity index (χ0v) is 5.95. The van der Waals surface area contributed by atoms with Crippen molar-refractivity contribution in [2.45, 2.75) is 6.92 Å². The maximum absolute atomic E-state index is 9.76. The van der Waals surface area contributed by atoms with Gasteiger partial charge >= 0.3 is 17.1 Å². The third-order valence-corrected chi connectivity index (χ3v) is 0.656. The molecule has 0 amide bonds. The molecule has 10 heavy (non-hydrogen) atoms. The summed E-state index contributed by atoms with van der Waals surface area (Å²) in [5.41, 5.74) is -0.352. The predicted octanol–water partition coefficient (Wildman–Crippen LogP) is -2.57. The van der Waals surface area contributed by atoms with Crippen LogP contribution in [0.25, 0.3) is 0 Å². The molecule has 0 aliphatic heterocycles. The van der Waals surface area contributed by atoms with Crippen molar-refractivity contribution in [2.24, 2.45) is 0 Å². The number of aliphatic carboxylic acids is 2. The Morgan fingerprint density at radius 2 is 1.70 bits per heavy atom. The minimum Gasteiger partial charge on any atom is -0.545 e. The molecule has 0 aromatic carbocycles. The molecule has 0 fully saturated rings. The molecule has 0 N–H and O–H groups in total.